The quantitative estimate of drug-likeness (QED) is 0.213. The van der Waals surface area contributed by atoms with Gasteiger partial charge in [0.05, 0.1) is 22.9 Å². The number of para-hydroxylation sites is 2. The second kappa shape index (κ2) is 8.79. The molecule has 0 bridgehead atoms. The lowest BCUT2D eigenvalue weighted by atomic mass is 10.2. The summed E-state index contributed by atoms with van der Waals surface area (Å²) in [5, 5.41) is 1.12. The fraction of sp³-hybridized carbons (Fsp3) is 0.208. The number of aromatic nitrogens is 6. The molecule has 0 aliphatic rings. The summed E-state index contributed by atoms with van der Waals surface area (Å²) in [7, 11) is 3.34. The molecule has 5 rings (SSSR count). The largest absolute Gasteiger partial charge is 0.332 e. The minimum atomic E-state index is -0.397. The Labute approximate surface area is 197 Å². The molecule has 9 nitrogen and oxygen atoms in total. The summed E-state index contributed by atoms with van der Waals surface area (Å²) in [6, 6.07) is 16.7. The van der Waals surface area contributed by atoms with Crippen molar-refractivity contribution in [2.75, 3.05) is 5.75 Å². The summed E-state index contributed by atoms with van der Waals surface area (Å²) < 4.78 is 5.87. The van der Waals surface area contributed by atoms with Crippen LogP contribution < -0.4 is 16.8 Å². The van der Waals surface area contributed by atoms with Crippen LogP contribution in [0.25, 0.3) is 27.8 Å². The van der Waals surface area contributed by atoms with E-state index in [4.69, 9.17) is 4.98 Å². The molecule has 0 fully saturated rings. The molecule has 0 spiro atoms. The van der Waals surface area contributed by atoms with Gasteiger partial charge in [-0.2, -0.15) is 0 Å². The summed E-state index contributed by atoms with van der Waals surface area (Å²) in [6.07, 6.45) is 2.07. The fourth-order valence-electron chi connectivity index (χ4n) is 3.99. The van der Waals surface area contributed by atoms with E-state index in [1.165, 1.54) is 27.2 Å². The maximum absolute atomic E-state index is 13.3. The maximum atomic E-state index is 13.3. The number of hydrogen-bond acceptors (Lipinski definition) is 6. The van der Waals surface area contributed by atoms with E-state index in [2.05, 4.69) is 4.98 Å². The molecular formula is C24H22N6O3S. The highest BCUT2D eigenvalue weighted by atomic mass is 32.2. The number of hydrogen-bond donors (Lipinski definition) is 0. The molecule has 3 heterocycles. The fourth-order valence-corrected chi connectivity index (χ4v) is 4.93. The average Bonchev–Trinajstić information content (AvgIpc) is 3.24. The lowest BCUT2D eigenvalue weighted by Crippen LogP contribution is -2.39. The predicted molar refractivity (Wildman–Crippen MR) is 133 cm³/mol. The third-order valence-electron chi connectivity index (χ3n) is 5.72. The molecule has 34 heavy (non-hydrogen) atoms. The van der Waals surface area contributed by atoms with E-state index in [1.807, 2.05) is 48.5 Å². The van der Waals surface area contributed by atoms with Crippen molar-refractivity contribution in [1.82, 2.24) is 28.2 Å². The summed E-state index contributed by atoms with van der Waals surface area (Å²) in [5.41, 5.74) is 1.25. The van der Waals surface area contributed by atoms with Crippen molar-refractivity contribution in [1.29, 1.82) is 0 Å². The Bertz CT molecular complexity index is 1700. The van der Waals surface area contributed by atoms with Gasteiger partial charge >= 0.3 is 5.69 Å². The van der Waals surface area contributed by atoms with Gasteiger partial charge in [-0.15, -0.1) is 0 Å². The standard InChI is InChI=1S/C24H22N6O3S/c1-27-15-25-20-19(27)22(32)29(24(33)28(20)2)13-8-14-34-23-26-18-12-7-6-11-17(18)21(31)30(23)16-9-4-3-5-10-16/h3-7,9-12,15H,8,13-14H2,1-2H3. The van der Waals surface area contributed by atoms with Gasteiger partial charge in [-0.1, -0.05) is 42.1 Å². The lowest BCUT2D eigenvalue weighted by Gasteiger charge is -2.13. The van der Waals surface area contributed by atoms with Crippen LogP contribution in [-0.4, -0.2) is 34.0 Å². The van der Waals surface area contributed by atoms with Crippen molar-refractivity contribution in [2.24, 2.45) is 14.1 Å². The van der Waals surface area contributed by atoms with E-state index < -0.39 is 5.69 Å². The number of aryl methyl sites for hydroxylation is 2. The molecule has 10 heteroatoms. The monoisotopic (exact) mass is 474 g/mol. The Kier molecular flexibility index (Phi) is 5.66. The van der Waals surface area contributed by atoms with Crippen LogP contribution in [0, 0.1) is 0 Å². The van der Waals surface area contributed by atoms with E-state index in [9.17, 15) is 14.4 Å². The van der Waals surface area contributed by atoms with Crippen LogP contribution in [0.2, 0.25) is 0 Å². The van der Waals surface area contributed by atoms with Crippen LogP contribution in [0.1, 0.15) is 6.42 Å². The molecule has 0 atom stereocenters. The SMILES string of the molecule is Cn1cnc2c1c(=O)n(CCCSc1nc3ccccc3c(=O)n1-c1ccccc1)c(=O)n2C. The third-order valence-corrected chi connectivity index (χ3v) is 6.74. The van der Waals surface area contributed by atoms with Crippen molar-refractivity contribution in [3.63, 3.8) is 0 Å². The first-order chi connectivity index (χ1) is 16.5. The van der Waals surface area contributed by atoms with Gasteiger partial charge in [-0.25, -0.2) is 14.8 Å². The number of thioether (sulfide) groups is 1. The Hall–Kier alpha value is -3.92. The van der Waals surface area contributed by atoms with Crippen LogP contribution in [0.5, 0.6) is 0 Å². The number of fused-ring (bicyclic) bond motifs is 2. The van der Waals surface area contributed by atoms with Gasteiger partial charge in [-0.3, -0.25) is 23.3 Å². The highest BCUT2D eigenvalue weighted by Gasteiger charge is 2.16. The zero-order valence-electron chi connectivity index (χ0n) is 18.7. The van der Waals surface area contributed by atoms with Gasteiger partial charge in [-0.05, 0) is 30.7 Å². The molecule has 0 unspecified atom stereocenters. The summed E-state index contributed by atoms with van der Waals surface area (Å²) in [4.78, 5) is 47.8. The Morgan fingerprint density at radius 2 is 1.65 bits per heavy atom. The topological polar surface area (TPSA) is 96.7 Å². The van der Waals surface area contributed by atoms with Gasteiger partial charge in [0.2, 0.25) is 0 Å². The van der Waals surface area contributed by atoms with Crippen LogP contribution >= 0.6 is 11.8 Å². The second-order valence-corrected chi connectivity index (χ2v) is 8.98. The first-order valence-electron chi connectivity index (χ1n) is 10.8. The molecule has 2 aromatic carbocycles. The predicted octanol–water partition coefficient (Wildman–Crippen LogP) is 2.32. The molecule has 172 valence electrons. The molecule has 0 radical (unpaired) electrons. The number of rotatable bonds is 6. The molecular weight excluding hydrogens is 452 g/mol. The van der Waals surface area contributed by atoms with Gasteiger partial charge in [0, 0.05) is 26.4 Å². The minimum Gasteiger partial charge on any atom is -0.328 e. The number of imidazole rings is 1. The Morgan fingerprint density at radius 3 is 2.44 bits per heavy atom. The molecule has 0 aliphatic heterocycles. The molecule has 3 aromatic heterocycles. The van der Waals surface area contributed by atoms with E-state index >= 15 is 0 Å². The number of nitrogens with zero attached hydrogens (tertiary/aromatic N) is 6. The van der Waals surface area contributed by atoms with Crippen molar-refractivity contribution < 1.29 is 0 Å². The van der Waals surface area contributed by atoms with E-state index in [-0.39, 0.29) is 17.7 Å². The highest BCUT2D eigenvalue weighted by Crippen LogP contribution is 2.22. The van der Waals surface area contributed by atoms with Crippen LogP contribution in [0.3, 0.4) is 0 Å². The molecule has 0 amide bonds. The molecule has 5 aromatic rings. The number of benzene rings is 2. The van der Waals surface area contributed by atoms with E-state index in [0.717, 1.165) is 5.69 Å². The van der Waals surface area contributed by atoms with E-state index in [0.29, 0.717) is 39.4 Å². The zero-order chi connectivity index (χ0) is 23.8. The summed E-state index contributed by atoms with van der Waals surface area (Å²) >= 11 is 1.42. The van der Waals surface area contributed by atoms with Crippen molar-refractivity contribution >= 4 is 33.8 Å². The van der Waals surface area contributed by atoms with Crippen molar-refractivity contribution in [3.8, 4) is 5.69 Å². The van der Waals surface area contributed by atoms with Gasteiger partial charge in [0.25, 0.3) is 11.1 Å². The van der Waals surface area contributed by atoms with Crippen LogP contribution in [0.4, 0.5) is 0 Å². The molecule has 0 saturated carbocycles. The lowest BCUT2D eigenvalue weighted by molar-refractivity contribution is 0.594. The zero-order valence-corrected chi connectivity index (χ0v) is 19.5. The second-order valence-electron chi connectivity index (χ2n) is 7.92. The van der Waals surface area contributed by atoms with Crippen LogP contribution in [-0.2, 0) is 20.6 Å². The molecule has 0 saturated heterocycles. The smallest absolute Gasteiger partial charge is 0.328 e. The Balaban J connectivity index is 1.45. The summed E-state index contributed by atoms with van der Waals surface area (Å²) in [5.74, 6) is 0.566. The first-order valence-corrected chi connectivity index (χ1v) is 11.8. The van der Waals surface area contributed by atoms with Gasteiger partial charge in [0.1, 0.15) is 0 Å². The summed E-state index contributed by atoms with van der Waals surface area (Å²) in [6.45, 7) is 0.253. The maximum Gasteiger partial charge on any atom is 0.332 e. The Morgan fingerprint density at radius 1 is 0.912 bits per heavy atom. The van der Waals surface area contributed by atoms with Crippen molar-refractivity contribution in [3.05, 3.63) is 92.1 Å². The normalized spacial score (nSPS) is 11.5. The molecule has 0 aliphatic carbocycles. The van der Waals surface area contributed by atoms with Gasteiger partial charge < -0.3 is 4.57 Å². The van der Waals surface area contributed by atoms with Crippen molar-refractivity contribution in [2.45, 2.75) is 18.1 Å². The van der Waals surface area contributed by atoms with Gasteiger partial charge in [0.15, 0.2) is 16.3 Å². The average molecular weight is 475 g/mol. The van der Waals surface area contributed by atoms with E-state index in [1.54, 1.807) is 29.3 Å². The first kappa shape index (κ1) is 21.9. The van der Waals surface area contributed by atoms with Crippen LogP contribution in [0.15, 0.2) is 80.5 Å². The third kappa shape index (κ3) is 3.65. The minimum absolute atomic E-state index is 0.133. The highest BCUT2D eigenvalue weighted by molar-refractivity contribution is 7.99. The molecule has 0 N–H and O–H groups in total.